The molecule has 2 N–H and O–H groups in total. The van der Waals surface area contributed by atoms with Crippen LogP contribution in [0.25, 0.3) is 10.8 Å². The minimum absolute atomic E-state index is 0.0126. The van der Waals surface area contributed by atoms with Gasteiger partial charge in [0.15, 0.2) is 0 Å². The van der Waals surface area contributed by atoms with E-state index in [-0.39, 0.29) is 11.6 Å². The van der Waals surface area contributed by atoms with Crippen molar-refractivity contribution in [1.82, 2.24) is 10.3 Å². The highest BCUT2D eigenvalue weighted by Gasteiger charge is 2.23. The molecule has 1 aliphatic rings. The first-order valence-electron chi connectivity index (χ1n) is 5.80. The average molecular weight is 248 g/mol. The number of pyridine rings is 1. The fourth-order valence-electron chi connectivity index (χ4n) is 2.48. The Morgan fingerprint density at radius 3 is 3.06 bits per heavy atom. The molecule has 0 spiro atoms. The number of aromatic amines is 1. The molecule has 0 fully saturated rings. The molecule has 94 valence electrons. The zero-order chi connectivity index (χ0) is 12.7. The van der Waals surface area contributed by atoms with E-state index >= 15 is 0 Å². The Kier molecular flexibility index (Phi) is 2.65. The molecule has 0 amide bonds. The van der Waals surface area contributed by atoms with Gasteiger partial charge in [0, 0.05) is 11.3 Å². The molecule has 0 aliphatic carbocycles. The second-order valence-corrected chi connectivity index (χ2v) is 4.39. The minimum atomic E-state index is -0.402. The Labute approximate surface area is 103 Å². The van der Waals surface area contributed by atoms with Crippen LogP contribution in [0.2, 0.25) is 0 Å². The number of likely N-dealkylation sites (N-methyl/N-ethyl adjacent to an activating group) is 1. The SMILES string of the molecule is CN[C@@H]1COCc2[nH]c(=O)c3cc(F)ccc3c21. The number of fused-ring (bicyclic) bond motifs is 3. The molecule has 18 heavy (non-hydrogen) atoms. The largest absolute Gasteiger partial charge is 0.373 e. The fourth-order valence-corrected chi connectivity index (χ4v) is 2.48. The Morgan fingerprint density at radius 2 is 2.28 bits per heavy atom. The molecule has 1 aromatic heterocycles. The van der Waals surface area contributed by atoms with Crippen molar-refractivity contribution in [2.75, 3.05) is 13.7 Å². The van der Waals surface area contributed by atoms with Crippen molar-refractivity contribution >= 4 is 10.8 Å². The first kappa shape index (κ1) is 11.4. The van der Waals surface area contributed by atoms with E-state index in [1.165, 1.54) is 12.1 Å². The van der Waals surface area contributed by atoms with E-state index in [1.807, 2.05) is 7.05 Å². The second-order valence-electron chi connectivity index (χ2n) is 4.39. The summed E-state index contributed by atoms with van der Waals surface area (Å²) in [5.41, 5.74) is 1.49. The highest BCUT2D eigenvalue weighted by atomic mass is 19.1. The molecule has 1 atom stereocenters. The van der Waals surface area contributed by atoms with Gasteiger partial charge < -0.3 is 15.0 Å². The maximum absolute atomic E-state index is 13.2. The Bertz CT molecular complexity index is 666. The zero-order valence-corrected chi connectivity index (χ0v) is 9.92. The number of rotatable bonds is 1. The van der Waals surface area contributed by atoms with Gasteiger partial charge in [-0.1, -0.05) is 6.07 Å². The molecule has 0 bridgehead atoms. The van der Waals surface area contributed by atoms with Crippen molar-refractivity contribution in [3.8, 4) is 0 Å². The van der Waals surface area contributed by atoms with Gasteiger partial charge in [0.2, 0.25) is 0 Å². The van der Waals surface area contributed by atoms with Crippen LogP contribution in [-0.2, 0) is 11.3 Å². The van der Waals surface area contributed by atoms with Gasteiger partial charge in [0.05, 0.1) is 24.6 Å². The lowest BCUT2D eigenvalue weighted by Gasteiger charge is -2.26. The van der Waals surface area contributed by atoms with Gasteiger partial charge in [0.25, 0.3) is 5.56 Å². The molecule has 5 heteroatoms. The van der Waals surface area contributed by atoms with Crippen LogP contribution in [0.5, 0.6) is 0 Å². The smallest absolute Gasteiger partial charge is 0.256 e. The monoisotopic (exact) mass is 248 g/mol. The molecule has 0 radical (unpaired) electrons. The van der Waals surface area contributed by atoms with Crippen LogP contribution in [0, 0.1) is 5.82 Å². The average Bonchev–Trinajstić information content (AvgIpc) is 2.38. The Hall–Kier alpha value is -1.72. The summed E-state index contributed by atoms with van der Waals surface area (Å²) in [4.78, 5) is 14.7. The molecule has 2 aromatic rings. The van der Waals surface area contributed by atoms with Gasteiger partial charge in [0.1, 0.15) is 5.82 Å². The summed E-state index contributed by atoms with van der Waals surface area (Å²) in [5, 5.41) is 4.32. The van der Waals surface area contributed by atoms with Crippen LogP contribution in [0.1, 0.15) is 17.3 Å². The third-order valence-corrected chi connectivity index (χ3v) is 3.33. The van der Waals surface area contributed by atoms with Crippen molar-refractivity contribution in [3.63, 3.8) is 0 Å². The molecular formula is C13H13FN2O2. The molecule has 0 unspecified atom stereocenters. The number of H-pyrrole nitrogens is 1. The molecule has 0 saturated heterocycles. The number of halogens is 1. The lowest BCUT2D eigenvalue weighted by Crippen LogP contribution is -2.30. The van der Waals surface area contributed by atoms with Gasteiger partial charge in [-0.2, -0.15) is 0 Å². The zero-order valence-electron chi connectivity index (χ0n) is 9.92. The van der Waals surface area contributed by atoms with Gasteiger partial charge in [-0.05, 0) is 24.6 Å². The van der Waals surface area contributed by atoms with Gasteiger partial charge in [-0.15, -0.1) is 0 Å². The van der Waals surface area contributed by atoms with Crippen LogP contribution in [0.3, 0.4) is 0 Å². The van der Waals surface area contributed by atoms with E-state index in [9.17, 15) is 9.18 Å². The van der Waals surface area contributed by atoms with Gasteiger partial charge >= 0.3 is 0 Å². The third kappa shape index (κ3) is 1.63. The molecule has 1 aromatic carbocycles. The van der Waals surface area contributed by atoms with E-state index in [0.29, 0.717) is 18.6 Å². The highest BCUT2D eigenvalue weighted by Crippen LogP contribution is 2.29. The summed E-state index contributed by atoms with van der Waals surface area (Å²) in [6.07, 6.45) is 0. The topological polar surface area (TPSA) is 54.1 Å². The van der Waals surface area contributed by atoms with Gasteiger partial charge in [-0.25, -0.2) is 4.39 Å². The number of hydrogen-bond donors (Lipinski definition) is 2. The molecule has 4 nitrogen and oxygen atoms in total. The number of ether oxygens (including phenoxy) is 1. The number of nitrogens with one attached hydrogen (secondary N) is 2. The van der Waals surface area contributed by atoms with E-state index < -0.39 is 5.82 Å². The summed E-state index contributed by atoms with van der Waals surface area (Å²) in [6.45, 7) is 0.929. The van der Waals surface area contributed by atoms with Crippen molar-refractivity contribution < 1.29 is 9.13 Å². The van der Waals surface area contributed by atoms with Gasteiger partial charge in [-0.3, -0.25) is 4.79 Å². The van der Waals surface area contributed by atoms with Crippen molar-refractivity contribution in [3.05, 3.63) is 45.6 Å². The maximum Gasteiger partial charge on any atom is 0.256 e. The first-order valence-corrected chi connectivity index (χ1v) is 5.80. The van der Waals surface area contributed by atoms with Crippen molar-refractivity contribution in [2.24, 2.45) is 0 Å². The minimum Gasteiger partial charge on any atom is -0.373 e. The predicted octanol–water partition coefficient (Wildman–Crippen LogP) is 1.46. The van der Waals surface area contributed by atoms with Crippen LogP contribution in [0.15, 0.2) is 23.0 Å². The summed E-state index contributed by atoms with van der Waals surface area (Å²) in [5.74, 6) is -0.402. The van der Waals surface area contributed by atoms with E-state index in [1.54, 1.807) is 6.07 Å². The predicted molar refractivity (Wildman–Crippen MR) is 66.0 cm³/mol. The lowest BCUT2D eigenvalue weighted by molar-refractivity contribution is 0.0819. The van der Waals surface area contributed by atoms with Crippen LogP contribution in [0.4, 0.5) is 4.39 Å². The number of hydrogen-bond acceptors (Lipinski definition) is 3. The van der Waals surface area contributed by atoms with Crippen LogP contribution < -0.4 is 10.9 Å². The number of aromatic nitrogens is 1. The molecular weight excluding hydrogens is 235 g/mol. The maximum atomic E-state index is 13.2. The summed E-state index contributed by atoms with van der Waals surface area (Å²) in [7, 11) is 1.84. The lowest BCUT2D eigenvalue weighted by atomic mass is 9.97. The summed E-state index contributed by atoms with van der Waals surface area (Å²) < 4.78 is 18.7. The quantitative estimate of drug-likeness (QED) is 0.803. The first-order chi connectivity index (χ1) is 8.70. The van der Waals surface area contributed by atoms with Crippen LogP contribution in [-0.4, -0.2) is 18.6 Å². The number of benzene rings is 1. The molecule has 2 heterocycles. The van der Waals surface area contributed by atoms with Crippen LogP contribution >= 0.6 is 0 Å². The second kappa shape index (κ2) is 4.19. The van der Waals surface area contributed by atoms with E-state index in [0.717, 1.165) is 16.6 Å². The summed E-state index contributed by atoms with van der Waals surface area (Å²) >= 11 is 0. The Morgan fingerprint density at radius 1 is 1.44 bits per heavy atom. The van der Waals surface area contributed by atoms with Crippen molar-refractivity contribution in [1.29, 1.82) is 0 Å². The Balaban J connectivity index is 2.39. The molecule has 1 aliphatic heterocycles. The van der Waals surface area contributed by atoms with E-state index in [4.69, 9.17) is 4.74 Å². The highest BCUT2D eigenvalue weighted by molar-refractivity contribution is 5.86. The van der Waals surface area contributed by atoms with Crippen molar-refractivity contribution in [2.45, 2.75) is 12.6 Å². The molecule has 0 saturated carbocycles. The normalized spacial score (nSPS) is 18.9. The van der Waals surface area contributed by atoms with E-state index in [2.05, 4.69) is 10.3 Å². The fraction of sp³-hybridized carbons (Fsp3) is 0.308. The standard InChI is InChI=1S/C13H13FN2O2/c1-15-10-5-18-6-11-12(10)8-3-2-7(14)4-9(8)13(17)16-11/h2-4,10,15H,5-6H2,1H3,(H,16,17)/t10-/m1/s1. The third-order valence-electron chi connectivity index (χ3n) is 3.33. The summed E-state index contributed by atoms with van der Waals surface area (Å²) in [6, 6.07) is 4.33. The molecule has 3 rings (SSSR count).